The van der Waals surface area contributed by atoms with Crippen LogP contribution in [0.2, 0.25) is 0 Å². The van der Waals surface area contributed by atoms with E-state index in [1.807, 2.05) is 0 Å². The summed E-state index contributed by atoms with van der Waals surface area (Å²) >= 11 is 0. The number of nitrogens with one attached hydrogen (secondary N) is 4. The summed E-state index contributed by atoms with van der Waals surface area (Å²) in [6.45, 7) is 3.58. The lowest BCUT2D eigenvalue weighted by Gasteiger charge is -2.12. The quantitative estimate of drug-likeness (QED) is 0.118. The highest BCUT2D eigenvalue weighted by Gasteiger charge is 2.32. The fourth-order valence-corrected chi connectivity index (χ4v) is 5.83. The van der Waals surface area contributed by atoms with Gasteiger partial charge in [-0.15, -0.1) is 0 Å². The zero-order valence-corrected chi connectivity index (χ0v) is 24.9. The minimum atomic E-state index is -3.20. The largest absolute Gasteiger partial charge is 0.369 e. The fourth-order valence-electron chi connectivity index (χ4n) is 4.48. The molecule has 19 nitrogen and oxygen atoms in total. The van der Waals surface area contributed by atoms with Gasteiger partial charge in [0.25, 0.3) is 11.1 Å². The van der Waals surface area contributed by atoms with Gasteiger partial charge in [0, 0.05) is 19.5 Å². The van der Waals surface area contributed by atoms with Crippen molar-refractivity contribution in [3.8, 4) is 0 Å². The number of nitrogen functional groups attached to an aromatic ring is 2. The van der Waals surface area contributed by atoms with E-state index in [9.17, 15) is 23.6 Å². The molecule has 0 amide bonds. The molecule has 4 aromatic heterocycles. The second kappa shape index (κ2) is 12.6. The van der Waals surface area contributed by atoms with Crippen LogP contribution in [0.4, 0.5) is 11.9 Å². The summed E-state index contributed by atoms with van der Waals surface area (Å²) in [5.74, 6) is 1.11. The van der Waals surface area contributed by atoms with Gasteiger partial charge in [-0.2, -0.15) is 9.97 Å². The number of rotatable bonds is 8. The van der Waals surface area contributed by atoms with E-state index in [-0.39, 0.29) is 64.8 Å². The third-order valence-corrected chi connectivity index (χ3v) is 8.01. The zero-order valence-electron chi connectivity index (χ0n) is 23.1. The van der Waals surface area contributed by atoms with Crippen LogP contribution in [0.5, 0.6) is 0 Å². The SMILES string of the molecule is CP(=O)(O)CC1OC[C@H](Cc2nc3nc(N)[nH]c(=O)c3[nH]2)O1.C[P+](=O)CC1OC[C@H](Cc2nc3nc(N)[nH]c(=O)c3[nH]2)O1. The van der Waals surface area contributed by atoms with Crippen LogP contribution in [0.1, 0.15) is 11.6 Å². The number of imidazole rings is 2. The normalized spacial score (nSPS) is 23.7. The first kappa shape index (κ1) is 30.9. The van der Waals surface area contributed by atoms with Gasteiger partial charge in [-0.05, 0) is 0 Å². The summed E-state index contributed by atoms with van der Waals surface area (Å²) in [6, 6.07) is 0. The Morgan fingerprint density at radius 2 is 1.33 bits per heavy atom. The molecule has 0 bridgehead atoms. The van der Waals surface area contributed by atoms with Crippen molar-refractivity contribution in [3.05, 3.63) is 32.4 Å². The number of H-pyrrole nitrogens is 4. The van der Waals surface area contributed by atoms with Gasteiger partial charge >= 0.3 is 7.80 Å². The lowest BCUT2D eigenvalue weighted by molar-refractivity contribution is -0.0406. The zero-order chi connectivity index (χ0) is 30.9. The van der Waals surface area contributed by atoms with Crippen molar-refractivity contribution in [3.63, 3.8) is 0 Å². The van der Waals surface area contributed by atoms with Gasteiger partial charge in [0.05, 0.1) is 31.6 Å². The number of nitrogens with two attached hydrogens (primary N) is 2. The van der Waals surface area contributed by atoms with Crippen LogP contribution >= 0.6 is 15.2 Å². The minimum absolute atomic E-state index is 0.00212. The Morgan fingerprint density at radius 1 is 0.860 bits per heavy atom. The van der Waals surface area contributed by atoms with Crippen LogP contribution in [0.25, 0.3) is 22.3 Å². The Hall–Kier alpha value is -3.57. The highest BCUT2D eigenvalue weighted by molar-refractivity contribution is 7.57. The molecule has 21 heteroatoms. The Balaban J connectivity index is 0.000000171. The Kier molecular flexibility index (Phi) is 9.03. The van der Waals surface area contributed by atoms with E-state index >= 15 is 0 Å². The fraction of sp³-hybridized carbons (Fsp3) is 0.545. The summed E-state index contributed by atoms with van der Waals surface area (Å²) in [4.78, 5) is 59.6. The van der Waals surface area contributed by atoms with Crippen LogP contribution in [0.15, 0.2) is 9.59 Å². The van der Waals surface area contributed by atoms with E-state index in [1.165, 1.54) is 6.66 Å². The summed E-state index contributed by atoms with van der Waals surface area (Å²) in [5.41, 5.74) is 11.2. The lowest BCUT2D eigenvalue weighted by atomic mass is 10.2. The molecular weight excluding hydrogens is 610 g/mol. The van der Waals surface area contributed by atoms with Gasteiger partial charge in [-0.1, -0.05) is 4.57 Å². The first-order chi connectivity index (χ1) is 20.3. The molecule has 232 valence electrons. The maximum Gasteiger partial charge on any atom is 0.340 e. The monoisotopic (exact) mass is 641 g/mol. The van der Waals surface area contributed by atoms with Crippen molar-refractivity contribution in [1.82, 2.24) is 39.9 Å². The molecule has 6 rings (SSSR count). The van der Waals surface area contributed by atoms with Gasteiger partial charge in [-0.3, -0.25) is 24.1 Å². The number of anilines is 2. The maximum atomic E-state index is 11.7. The van der Waals surface area contributed by atoms with Crippen LogP contribution in [-0.2, 0) is 40.9 Å². The Morgan fingerprint density at radius 3 is 1.79 bits per heavy atom. The summed E-state index contributed by atoms with van der Waals surface area (Å²) in [7, 11) is -4.51. The standard InChI is InChI=1S/C11H16N5O5P.C11H14N5O4P/c1-22(18,19)4-7-20-3-5(21-7)2-6-13-8-9(14-6)15-11(12)16-10(8)17;1-21(18)4-7-19-3-5(20-7)2-6-13-8-9(14-6)15-11(12)16-10(8)17/h5,7H,2-4H2,1H3,(H,18,19)(H4,12,13,14,15,16,17);5,7H,2-4H2,1H3,(H3-,12,13,14,15,16,17)/p+1/t2*5-,7?/m00/s1. The van der Waals surface area contributed by atoms with E-state index < -0.39 is 33.3 Å². The summed E-state index contributed by atoms with van der Waals surface area (Å²) in [5, 5.41) is 0. The maximum absolute atomic E-state index is 11.7. The highest BCUT2D eigenvalue weighted by Crippen LogP contribution is 2.38. The van der Waals surface area contributed by atoms with E-state index in [0.29, 0.717) is 37.3 Å². The molecule has 6 heterocycles. The van der Waals surface area contributed by atoms with Gasteiger partial charge in [0.15, 0.2) is 34.8 Å². The average Bonchev–Trinajstić information content (AvgIpc) is 3.67. The first-order valence-corrected chi connectivity index (χ1v) is 17.2. The van der Waals surface area contributed by atoms with Crippen molar-refractivity contribution in [2.75, 3.05) is 50.3 Å². The molecule has 4 unspecified atom stereocenters. The number of hydrogen-bond acceptors (Lipinski definition) is 14. The lowest BCUT2D eigenvalue weighted by Crippen LogP contribution is -2.18. The molecule has 43 heavy (non-hydrogen) atoms. The molecule has 2 saturated heterocycles. The molecule has 2 aliphatic heterocycles. The highest BCUT2D eigenvalue weighted by atomic mass is 31.2. The average molecular weight is 641 g/mol. The number of hydrogen-bond donors (Lipinski definition) is 7. The van der Waals surface area contributed by atoms with Crippen molar-refractivity contribution in [1.29, 1.82) is 0 Å². The van der Waals surface area contributed by atoms with E-state index in [0.717, 1.165) is 0 Å². The topological polar surface area (TPSA) is 292 Å². The van der Waals surface area contributed by atoms with E-state index in [2.05, 4.69) is 39.9 Å². The number of ether oxygens (including phenoxy) is 4. The number of aromatic nitrogens is 8. The molecule has 9 N–H and O–H groups in total. The van der Waals surface area contributed by atoms with Crippen LogP contribution < -0.4 is 22.6 Å². The molecule has 2 aliphatic rings. The van der Waals surface area contributed by atoms with E-state index in [1.54, 1.807) is 6.66 Å². The number of nitrogens with zero attached hydrogens (tertiary/aromatic N) is 4. The molecule has 4 aromatic rings. The van der Waals surface area contributed by atoms with Crippen molar-refractivity contribution < 1.29 is 33.0 Å². The Bertz CT molecular complexity index is 1800. The van der Waals surface area contributed by atoms with Crippen LogP contribution in [0, 0.1) is 0 Å². The van der Waals surface area contributed by atoms with E-state index in [4.69, 9.17) is 30.4 Å². The molecule has 0 aromatic carbocycles. The Labute approximate surface area is 242 Å². The second-order valence-electron chi connectivity index (χ2n) is 10.2. The molecule has 6 atom stereocenters. The van der Waals surface area contributed by atoms with Gasteiger partial charge in [0.2, 0.25) is 25.6 Å². The third-order valence-electron chi connectivity index (χ3n) is 6.22. The predicted octanol–water partition coefficient (Wildman–Crippen LogP) is -0.618. The minimum Gasteiger partial charge on any atom is -0.369 e. The molecule has 0 radical (unpaired) electrons. The predicted molar refractivity (Wildman–Crippen MR) is 153 cm³/mol. The van der Waals surface area contributed by atoms with Crippen LogP contribution in [-0.4, -0.2) is 108 Å². The first-order valence-electron chi connectivity index (χ1n) is 13.0. The number of aromatic amines is 4. The molecule has 0 aliphatic carbocycles. The van der Waals surface area contributed by atoms with Crippen molar-refractivity contribution in [2.24, 2.45) is 0 Å². The molecule has 0 spiro atoms. The van der Waals surface area contributed by atoms with Crippen LogP contribution in [0.3, 0.4) is 0 Å². The van der Waals surface area contributed by atoms with Gasteiger partial charge < -0.3 is 45.3 Å². The second-order valence-corrected chi connectivity index (χ2v) is 14.2. The summed E-state index contributed by atoms with van der Waals surface area (Å²) in [6.07, 6.45) is -0.503. The third kappa shape index (κ3) is 8.08. The van der Waals surface area contributed by atoms with Gasteiger partial charge in [-0.25, -0.2) is 9.97 Å². The molecule has 0 saturated carbocycles. The van der Waals surface area contributed by atoms with Crippen molar-refractivity contribution >= 4 is 49.4 Å². The smallest absolute Gasteiger partial charge is 0.340 e. The van der Waals surface area contributed by atoms with Gasteiger partial charge in [0.1, 0.15) is 18.3 Å². The molecular formula is C22H31N10O9P2+. The molecule has 2 fully saturated rings. The summed E-state index contributed by atoms with van der Waals surface area (Å²) < 4.78 is 44.4. The number of fused-ring (bicyclic) bond motifs is 2. The van der Waals surface area contributed by atoms with Crippen molar-refractivity contribution in [2.45, 2.75) is 37.6 Å².